The molecule has 1 saturated heterocycles. The predicted molar refractivity (Wildman–Crippen MR) is 138 cm³/mol. The zero-order valence-corrected chi connectivity index (χ0v) is 20.9. The van der Waals surface area contributed by atoms with Crippen molar-refractivity contribution in [3.05, 3.63) is 69.5 Å². The van der Waals surface area contributed by atoms with Gasteiger partial charge in [-0.1, -0.05) is 6.07 Å². The van der Waals surface area contributed by atoms with Gasteiger partial charge in [0, 0.05) is 37.1 Å². The van der Waals surface area contributed by atoms with E-state index in [1.165, 1.54) is 18.7 Å². The fraction of sp³-hybridized carbons (Fsp3) is 0.429. The number of aromatic nitrogens is 1. The molecule has 2 aliphatic heterocycles. The Hall–Kier alpha value is -3.36. The van der Waals surface area contributed by atoms with Gasteiger partial charge in [0.25, 0.3) is 5.56 Å². The summed E-state index contributed by atoms with van der Waals surface area (Å²) < 4.78 is 18.0. The number of carbonyl (C=O) groups excluding carboxylic acids is 1. The standard InChI is InChI=1S/C28H33N3O5/c1-19-15-23(28(33)34-2)22-4-6-27(32)31(24(22)16-19)12-11-30-9-7-21(8-10-30)29-18-20-3-5-25-26(17-20)36-14-13-35-25/h3-6,15-17,21,29H,7-14,18H2,1-2H3. The number of esters is 1. The molecule has 0 bridgehead atoms. The van der Waals surface area contributed by atoms with Crippen LogP contribution in [0.2, 0.25) is 0 Å². The summed E-state index contributed by atoms with van der Waals surface area (Å²) >= 11 is 0. The van der Waals surface area contributed by atoms with Crippen molar-refractivity contribution in [2.75, 3.05) is 40.0 Å². The highest BCUT2D eigenvalue weighted by atomic mass is 16.6. The largest absolute Gasteiger partial charge is 0.486 e. The number of hydrogen-bond acceptors (Lipinski definition) is 7. The van der Waals surface area contributed by atoms with Crippen LogP contribution in [0, 0.1) is 6.92 Å². The summed E-state index contributed by atoms with van der Waals surface area (Å²) in [6.45, 7) is 7.25. The molecular formula is C28H33N3O5. The topological polar surface area (TPSA) is 82.0 Å². The van der Waals surface area contributed by atoms with Gasteiger partial charge in [0.05, 0.1) is 18.2 Å². The Morgan fingerprint density at radius 2 is 1.81 bits per heavy atom. The van der Waals surface area contributed by atoms with E-state index < -0.39 is 0 Å². The molecule has 0 atom stereocenters. The average molecular weight is 492 g/mol. The highest BCUT2D eigenvalue weighted by molar-refractivity contribution is 6.03. The minimum Gasteiger partial charge on any atom is -0.486 e. The molecule has 5 rings (SSSR count). The van der Waals surface area contributed by atoms with Crippen LogP contribution in [0.25, 0.3) is 10.9 Å². The minimum atomic E-state index is -0.389. The van der Waals surface area contributed by atoms with Crippen LogP contribution in [0.5, 0.6) is 11.5 Å². The SMILES string of the molecule is COC(=O)c1cc(C)cc2c1ccc(=O)n2CCN1CCC(NCc2ccc3c(c2)OCCO3)CC1. The lowest BCUT2D eigenvalue weighted by atomic mass is 10.0. The first kappa shape index (κ1) is 24.3. The molecule has 3 aromatic rings. The summed E-state index contributed by atoms with van der Waals surface area (Å²) in [6.07, 6.45) is 2.11. The van der Waals surface area contributed by atoms with Gasteiger partial charge in [-0.3, -0.25) is 4.79 Å². The van der Waals surface area contributed by atoms with E-state index in [1.54, 1.807) is 10.6 Å². The van der Waals surface area contributed by atoms with Crippen molar-refractivity contribution in [1.82, 2.24) is 14.8 Å². The van der Waals surface area contributed by atoms with Gasteiger partial charge in [-0.2, -0.15) is 0 Å². The molecule has 0 spiro atoms. The second-order valence-electron chi connectivity index (χ2n) is 9.53. The van der Waals surface area contributed by atoms with Crippen molar-refractivity contribution in [2.45, 2.75) is 38.9 Å². The summed E-state index contributed by atoms with van der Waals surface area (Å²) in [4.78, 5) is 27.4. The molecule has 8 heteroatoms. The van der Waals surface area contributed by atoms with Crippen LogP contribution in [0.3, 0.4) is 0 Å². The van der Waals surface area contributed by atoms with E-state index in [2.05, 4.69) is 22.3 Å². The molecule has 0 amide bonds. The summed E-state index contributed by atoms with van der Waals surface area (Å²) in [5.41, 5.74) is 3.33. The summed E-state index contributed by atoms with van der Waals surface area (Å²) in [7, 11) is 1.38. The molecule has 3 heterocycles. The number of nitrogens with one attached hydrogen (secondary N) is 1. The third kappa shape index (κ3) is 5.24. The molecule has 8 nitrogen and oxygen atoms in total. The summed E-state index contributed by atoms with van der Waals surface area (Å²) in [6, 6.07) is 13.6. The number of aryl methyl sites for hydroxylation is 1. The van der Waals surface area contributed by atoms with Crippen molar-refractivity contribution in [3.63, 3.8) is 0 Å². The number of rotatable bonds is 7. The Bertz CT molecular complexity index is 1310. The van der Waals surface area contributed by atoms with E-state index >= 15 is 0 Å². The Kier molecular flexibility index (Phi) is 7.25. The summed E-state index contributed by atoms with van der Waals surface area (Å²) in [5.74, 6) is 1.26. The van der Waals surface area contributed by atoms with Crippen molar-refractivity contribution in [3.8, 4) is 11.5 Å². The number of nitrogens with zero attached hydrogens (tertiary/aromatic N) is 2. The minimum absolute atomic E-state index is 0.0557. The van der Waals surface area contributed by atoms with Gasteiger partial charge in [0.1, 0.15) is 13.2 Å². The van der Waals surface area contributed by atoms with Crippen LogP contribution in [0.1, 0.15) is 34.3 Å². The second-order valence-corrected chi connectivity index (χ2v) is 9.53. The number of carbonyl (C=O) groups is 1. The third-order valence-corrected chi connectivity index (χ3v) is 7.09. The van der Waals surface area contributed by atoms with Gasteiger partial charge < -0.3 is 29.0 Å². The van der Waals surface area contributed by atoms with Gasteiger partial charge in [-0.25, -0.2) is 4.79 Å². The normalized spacial score (nSPS) is 16.3. The van der Waals surface area contributed by atoms with E-state index in [-0.39, 0.29) is 11.5 Å². The van der Waals surface area contributed by atoms with Crippen molar-refractivity contribution < 1.29 is 19.0 Å². The maximum atomic E-state index is 12.7. The van der Waals surface area contributed by atoms with Crippen LogP contribution in [-0.4, -0.2) is 61.4 Å². The first-order valence-electron chi connectivity index (χ1n) is 12.6. The monoisotopic (exact) mass is 491 g/mol. The quantitative estimate of drug-likeness (QED) is 0.509. The van der Waals surface area contributed by atoms with Crippen LogP contribution < -0.4 is 20.3 Å². The lowest BCUT2D eigenvalue weighted by Crippen LogP contribution is -2.43. The fourth-order valence-electron chi connectivity index (χ4n) is 5.11. The van der Waals surface area contributed by atoms with Crippen molar-refractivity contribution >= 4 is 16.9 Å². The lowest BCUT2D eigenvalue weighted by molar-refractivity contribution is 0.0603. The fourth-order valence-corrected chi connectivity index (χ4v) is 5.11. The summed E-state index contributed by atoms with van der Waals surface area (Å²) in [5, 5.41) is 4.42. The van der Waals surface area contributed by atoms with E-state index in [9.17, 15) is 9.59 Å². The molecule has 0 unspecified atom stereocenters. The second kappa shape index (κ2) is 10.7. The molecule has 1 N–H and O–H groups in total. The number of hydrogen-bond donors (Lipinski definition) is 1. The van der Waals surface area contributed by atoms with Gasteiger partial charge in [-0.15, -0.1) is 0 Å². The molecular weight excluding hydrogens is 458 g/mol. The smallest absolute Gasteiger partial charge is 0.338 e. The number of methoxy groups -OCH3 is 1. The Morgan fingerprint density at radius 1 is 1.03 bits per heavy atom. The highest BCUT2D eigenvalue weighted by Crippen LogP contribution is 2.30. The van der Waals surface area contributed by atoms with Gasteiger partial charge in [0.2, 0.25) is 0 Å². The number of ether oxygens (including phenoxy) is 3. The molecule has 0 saturated carbocycles. The molecule has 36 heavy (non-hydrogen) atoms. The Morgan fingerprint density at radius 3 is 2.58 bits per heavy atom. The maximum absolute atomic E-state index is 12.7. The van der Waals surface area contributed by atoms with Crippen LogP contribution in [0.15, 0.2) is 47.3 Å². The predicted octanol–water partition coefficient (Wildman–Crippen LogP) is 3.12. The molecule has 0 radical (unpaired) electrons. The molecule has 190 valence electrons. The average Bonchev–Trinajstić information content (AvgIpc) is 2.91. The lowest BCUT2D eigenvalue weighted by Gasteiger charge is -2.32. The van der Waals surface area contributed by atoms with Crippen LogP contribution >= 0.6 is 0 Å². The number of fused-ring (bicyclic) bond motifs is 2. The van der Waals surface area contributed by atoms with Crippen LogP contribution in [-0.2, 0) is 17.8 Å². The first-order chi connectivity index (χ1) is 17.5. The zero-order valence-electron chi connectivity index (χ0n) is 20.9. The van der Waals surface area contributed by atoms with Crippen LogP contribution in [0.4, 0.5) is 0 Å². The van der Waals surface area contributed by atoms with E-state index in [0.717, 1.165) is 67.0 Å². The number of benzene rings is 2. The number of likely N-dealkylation sites (tertiary alicyclic amines) is 1. The van der Waals surface area contributed by atoms with Crippen molar-refractivity contribution in [1.29, 1.82) is 0 Å². The number of pyridine rings is 1. The Balaban J connectivity index is 1.18. The third-order valence-electron chi connectivity index (χ3n) is 7.09. The van der Waals surface area contributed by atoms with E-state index in [0.29, 0.717) is 31.4 Å². The Labute approximate surface area is 210 Å². The zero-order chi connectivity index (χ0) is 25.1. The van der Waals surface area contributed by atoms with E-state index in [4.69, 9.17) is 14.2 Å². The number of piperidine rings is 1. The molecule has 0 aliphatic carbocycles. The van der Waals surface area contributed by atoms with E-state index in [1.807, 2.05) is 25.1 Å². The van der Waals surface area contributed by atoms with Gasteiger partial charge in [0.15, 0.2) is 11.5 Å². The van der Waals surface area contributed by atoms with Gasteiger partial charge in [-0.05, 0) is 74.3 Å². The molecule has 2 aromatic carbocycles. The first-order valence-corrected chi connectivity index (χ1v) is 12.6. The molecule has 2 aliphatic rings. The molecule has 1 aromatic heterocycles. The molecule has 1 fully saturated rings. The maximum Gasteiger partial charge on any atom is 0.338 e. The van der Waals surface area contributed by atoms with Crippen molar-refractivity contribution in [2.24, 2.45) is 0 Å². The van der Waals surface area contributed by atoms with Gasteiger partial charge >= 0.3 is 5.97 Å². The highest BCUT2D eigenvalue weighted by Gasteiger charge is 2.20.